The van der Waals surface area contributed by atoms with Gasteiger partial charge in [0.25, 0.3) is 6.02 Å². The van der Waals surface area contributed by atoms with E-state index < -0.39 is 5.60 Å². The van der Waals surface area contributed by atoms with Crippen LogP contribution in [0.1, 0.15) is 25.0 Å². The summed E-state index contributed by atoms with van der Waals surface area (Å²) in [6.07, 6.45) is 0. The highest BCUT2D eigenvalue weighted by Gasteiger charge is 2.40. The lowest BCUT2D eigenvalue weighted by atomic mass is 9.58. The molecule has 1 atom stereocenters. The van der Waals surface area contributed by atoms with Gasteiger partial charge in [0.2, 0.25) is 0 Å². The van der Waals surface area contributed by atoms with Crippen molar-refractivity contribution in [3.8, 4) is 0 Å². The molecule has 0 aliphatic carbocycles. The number of nitrogens with one attached hydrogen (secondary N) is 1. The average Bonchev–Trinajstić information content (AvgIpc) is 2.59. The van der Waals surface area contributed by atoms with Crippen LogP contribution in [0.4, 0.5) is 5.69 Å². The Hall–Kier alpha value is -1.68. The number of halogens is 1. The molecule has 0 spiro atoms. The third-order valence-electron chi connectivity index (χ3n) is 5.80. The summed E-state index contributed by atoms with van der Waals surface area (Å²) in [4.78, 5) is 4.64. The van der Waals surface area contributed by atoms with Gasteiger partial charge in [-0.2, -0.15) is 4.99 Å². The molecule has 1 aliphatic heterocycles. The second-order valence-corrected chi connectivity index (χ2v) is 7.68. The number of amidine groups is 1. The Morgan fingerprint density at radius 3 is 2.19 bits per heavy atom. The molecule has 0 saturated heterocycles. The Kier molecular flexibility index (Phi) is 5.00. The highest BCUT2D eigenvalue weighted by atomic mass is 35.5. The molecule has 2 aromatic carbocycles. The van der Waals surface area contributed by atoms with Gasteiger partial charge in [-0.3, -0.25) is 0 Å². The van der Waals surface area contributed by atoms with Crippen molar-refractivity contribution in [1.82, 2.24) is 5.32 Å². The highest BCUT2D eigenvalue weighted by Crippen LogP contribution is 2.41. The van der Waals surface area contributed by atoms with E-state index in [4.69, 9.17) is 16.3 Å². The van der Waals surface area contributed by atoms with Crippen molar-refractivity contribution in [1.29, 1.82) is 0 Å². The summed E-state index contributed by atoms with van der Waals surface area (Å²) in [7, 11) is 10.9. The lowest BCUT2D eigenvalue weighted by molar-refractivity contribution is 0.108. The number of ether oxygens (including phenoxy) is 1. The van der Waals surface area contributed by atoms with Crippen LogP contribution in [0.3, 0.4) is 0 Å². The molecule has 0 saturated carbocycles. The predicted octanol–water partition coefficient (Wildman–Crippen LogP) is -4.48. The van der Waals surface area contributed by atoms with Gasteiger partial charge in [-0.05, 0) is 37.6 Å². The minimum absolute atomic E-state index is 0.555. The molecule has 0 bridgehead atoms. The first kappa shape index (κ1) is 19.1. The third-order valence-corrected chi connectivity index (χ3v) is 6.04. The van der Waals surface area contributed by atoms with Crippen LogP contribution in [0, 0.1) is 0 Å². The summed E-state index contributed by atoms with van der Waals surface area (Å²) in [6, 6.07) is 6.38. The second kappa shape index (κ2) is 6.81. The van der Waals surface area contributed by atoms with Crippen molar-refractivity contribution in [3.05, 3.63) is 34.3 Å². The van der Waals surface area contributed by atoms with E-state index in [1.165, 1.54) is 32.9 Å². The smallest absolute Gasteiger partial charge is 0.291 e. The first-order valence-corrected chi connectivity index (χ1v) is 9.47. The number of fused-ring (bicyclic) bond motifs is 1. The molecule has 0 aromatic heterocycles. The SMILES string of the molecule is Bc1c(B)c(B)c(C2(C)OC(NCC)=Nc3ccc(Cl)cc32)c(B)c1B. The van der Waals surface area contributed by atoms with Crippen LogP contribution >= 0.6 is 11.6 Å². The third kappa shape index (κ3) is 2.88. The Morgan fingerprint density at radius 1 is 1.04 bits per heavy atom. The molecule has 1 heterocycles. The van der Waals surface area contributed by atoms with Gasteiger partial charge in [-0.15, -0.1) is 16.4 Å². The molecule has 0 amide bonds. The van der Waals surface area contributed by atoms with Crippen molar-refractivity contribution in [2.45, 2.75) is 19.4 Å². The molecule has 3 rings (SSSR count). The fourth-order valence-corrected chi connectivity index (χ4v) is 4.17. The fraction of sp³-hybridized carbons (Fsp3) is 0.235. The van der Waals surface area contributed by atoms with Crippen LogP contribution in [-0.2, 0) is 10.3 Å². The summed E-state index contributed by atoms with van der Waals surface area (Å²) < 4.78 is 6.47. The van der Waals surface area contributed by atoms with E-state index in [-0.39, 0.29) is 0 Å². The highest BCUT2D eigenvalue weighted by molar-refractivity contribution is 6.67. The summed E-state index contributed by atoms with van der Waals surface area (Å²) >= 11 is 6.34. The first-order chi connectivity index (χ1) is 12.2. The molecule has 1 unspecified atom stereocenters. The first-order valence-electron chi connectivity index (χ1n) is 9.09. The zero-order chi connectivity index (χ0) is 19.2. The van der Waals surface area contributed by atoms with Crippen LogP contribution in [0.2, 0.25) is 5.02 Å². The van der Waals surface area contributed by atoms with E-state index in [0.29, 0.717) is 11.0 Å². The van der Waals surface area contributed by atoms with E-state index >= 15 is 0 Å². The normalized spacial score (nSPS) is 18.7. The molecule has 1 N–H and O–H groups in total. The van der Waals surface area contributed by atoms with E-state index in [2.05, 4.69) is 56.5 Å². The molecule has 26 heavy (non-hydrogen) atoms. The van der Waals surface area contributed by atoms with Gasteiger partial charge in [0, 0.05) is 17.1 Å². The van der Waals surface area contributed by atoms with Crippen LogP contribution < -0.4 is 32.6 Å². The Balaban J connectivity index is 2.35. The zero-order valence-electron chi connectivity index (χ0n) is 16.7. The van der Waals surface area contributed by atoms with E-state index in [1.54, 1.807) is 0 Å². The van der Waals surface area contributed by atoms with Crippen LogP contribution in [0.5, 0.6) is 0 Å². The monoisotopic (exact) mass is 360 g/mol. The summed E-state index contributed by atoms with van der Waals surface area (Å²) in [5.74, 6) is 0. The topological polar surface area (TPSA) is 33.6 Å². The molecular formula is C17H22B5ClN2O. The Labute approximate surface area is 165 Å². The van der Waals surface area contributed by atoms with E-state index in [9.17, 15) is 0 Å². The maximum absolute atomic E-state index is 6.47. The second-order valence-electron chi connectivity index (χ2n) is 7.24. The Morgan fingerprint density at radius 2 is 1.62 bits per heavy atom. The van der Waals surface area contributed by atoms with Crippen molar-refractivity contribution >= 4 is 89.9 Å². The number of rotatable bonds is 2. The lowest BCUT2D eigenvalue weighted by Gasteiger charge is -2.39. The van der Waals surface area contributed by atoms with Gasteiger partial charge >= 0.3 is 0 Å². The van der Waals surface area contributed by atoms with Crippen LogP contribution in [0.25, 0.3) is 0 Å². The molecule has 3 nitrogen and oxygen atoms in total. The van der Waals surface area contributed by atoms with Gasteiger partial charge in [-0.25, -0.2) is 0 Å². The molecule has 1 aliphatic rings. The van der Waals surface area contributed by atoms with Crippen molar-refractivity contribution in [2.75, 3.05) is 6.54 Å². The summed E-state index contributed by atoms with van der Waals surface area (Å²) in [5.41, 5.74) is 8.93. The number of hydrogen-bond donors (Lipinski definition) is 1. The quantitative estimate of drug-likeness (QED) is 0.549. The minimum Gasteiger partial charge on any atom is -0.449 e. The number of aliphatic imine (C=N–C) groups is 1. The number of nitrogens with zero attached hydrogens (tertiary/aromatic N) is 1. The molecule has 128 valence electrons. The van der Waals surface area contributed by atoms with Crippen molar-refractivity contribution in [2.24, 2.45) is 4.99 Å². The zero-order valence-corrected chi connectivity index (χ0v) is 17.4. The summed E-state index contributed by atoms with van der Waals surface area (Å²) in [5, 5.41) is 3.93. The van der Waals surface area contributed by atoms with Gasteiger partial charge in [0.1, 0.15) is 39.2 Å². The van der Waals surface area contributed by atoms with E-state index in [0.717, 1.165) is 17.8 Å². The fourth-order valence-electron chi connectivity index (χ4n) is 4.00. The van der Waals surface area contributed by atoms with Crippen LogP contribution in [0.15, 0.2) is 23.2 Å². The summed E-state index contributed by atoms with van der Waals surface area (Å²) in [6.45, 7) is 4.91. The largest absolute Gasteiger partial charge is 0.449 e. The minimum atomic E-state index is -0.656. The molecule has 0 fully saturated rings. The van der Waals surface area contributed by atoms with Crippen LogP contribution in [-0.4, -0.2) is 51.8 Å². The predicted molar refractivity (Wildman–Crippen MR) is 127 cm³/mol. The number of benzene rings is 2. The van der Waals surface area contributed by atoms with Gasteiger partial charge < -0.3 is 10.1 Å². The van der Waals surface area contributed by atoms with Crippen molar-refractivity contribution in [3.63, 3.8) is 0 Å². The standard InChI is InChI=1S/C17H22B5ClN2O/c1-3-24-16-25-9-5-4-7(23)6-8(9)17(2,26-16)10-11(18)13(20)15(22)14(21)12(10)19/h4-6H,3,18-22H2,1-2H3,(H,24,25). The van der Waals surface area contributed by atoms with Crippen molar-refractivity contribution < 1.29 is 4.74 Å². The van der Waals surface area contributed by atoms with Gasteiger partial charge in [-0.1, -0.05) is 22.5 Å². The molecule has 0 radical (unpaired) electrons. The number of hydrogen-bond acceptors (Lipinski definition) is 3. The lowest BCUT2D eigenvalue weighted by Crippen LogP contribution is -2.60. The van der Waals surface area contributed by atoms with Gasteiger partial charge in [0.05, 0.1) is 5.69 Å². The molecular weight excluding hydrogens is 338 g/mol. The van der Waals surface area contributed by atoms with E-state index in [1.807, 2.05) is 25.1 Å². The van der Waals surface area contributed by atoms with Gasteiger partial charge in [0.15, 0.2) is 5.60 Å². The maximum Gasteiger partial charge on any atom is 0.291 e. The molecule has 9 heteroatoms. The maximum atomic E-state index is 6.47. The molecule has 2 aromatic rings. The average molecular weight is 360 g/mol. The Bertz CT molecular complexity index is 905.